The van der Waals surface area contributed by atoms with Crippen LogP contribution in [-0.4, -0.2) is 9.97 Å². The molecule has 0 radical (unpaired) electrons. The van der Waals surface area contributed by atoms with Crippen molar-refractivity contribution in [3.05, 3.63) is 27.9 Å². The fourth-order valence-corrected chi connectivity index (χ4v) is 1.80. The molecule has 0 unspecified atom stereocenters. The van der Waals surface area contributed by atoms with Crippen molar-refractivity contribution < 1.29 is 0 Å². The molecular weight excluding hydrogens is 176 g/mol. The van der Waals surface area contributed by atoms with Crippen LogP contribution in [0.2, 0.25) is 0 Å². The molecule has 3 rings (SSSR count). The van der Waals surface area contributed by atoms with Crippen molar-refractivity contribution in [2.45, 2.75) is 38.0 Å². The summed E-state index contributed by atoms with van der Waals surface area (Å²) in [4.78, 5) is 18.7. The lowest BCUT2D eigenvalue weighted by molar-refractivity contribution is 0.771. The first-order valence-corrected chi connectivity index (χ1v) is 5.41. The van der Waals surface area contributed by atoms with Gasteiger partial charge in [-0.3, -0.25) is 4.79 Å². The monoisotopic (exact) mass is 190 g/mol. The van der Waals surface area contributed by atoms with Crippen LogP contribution in [0.1, 0.15) is 43.1 Å². The summed E-state index contributed by atoms with van der Waals surface area (Å²) >= 11 is 0. The summed E-state index contributed by atoms with van der Waals surface area (Å²) in [5.41, 5.74) is 1.02. The highest BCUT2D eigenvalue weighted by atomic mass is 16.1. The number of rotatable bonds is 3. The molecule has 1 aromatic rings. The number of nitrogens with one attached hydrogen (secondary N) is 1. The van der Waals surface area contributed by atoms with Crippen molar-refractivity contribution >= 4 is 0 Å². The largest absolute Gasteiger partial charge is 0.310 e. The molecule has 14 heavy (non-hydrogen) atoms. The second kappa shape index (κ2) is 2.94. The van der Waals surface area contributed by atoms with E-state index >= 15 is 0 Å². The first-order valence-electron chi connectivity index (χ1n) is 5.41. The van der Waals surface area contributed by atoms with Gasteiger partial charge >= 0.3 is 0 Å². The van der Waals surface area contributed by atoms with Crippen molar-refractivity contribution in [2.75, 3.05) is 0 Å². The van der Waals surface area contributed by atoms with Crippen LogP contribution in [-0.2, 0) is 6.42 Å². The van der Waals surface area contributed by atoms with Crippen LogP contribution in [0.5, 0.6) is 0 Å². The van der Waals surface area contributed by atoms with Crippen LogP contribution in [0.25, 0.3) is 0 Å². The summed E-state index contributed by atoms with van der Waals surface area (Å²) in [7, 11) is 0. The summed E-state index contributed by atoms with van der Waals surface area (Å²) in [5.74, 6) is 2.27. The number of aromatic nitrogens is 2. The first-order chi connectivity index (χ1) is 6.81. The lowest BCUT2D eigenvalue weighted by Crippen LogP contribution is -2.12. The Morgan fingerprint density at radius 2 is 2.14 bits per heavy atom. The van der Waals surface area contributed by atoms with Gasteiger partial charge in [-0.1, -0.05) is 0 Å². The van der Waals surface area contributed by atoms with Gasteiger partial charge in [-0.2, -0.15) is 0 Å². The molecule has 3 heteroatoms. The number of H-pyrrole nitrogens is 1. The summed E-state index contributed by atoms with van der Waals surface area (Å²) in [6.07, 6.45) is 6.01. The SMILES string of the molecule is O=c1cc(CC2CC2)nc(C2CC2)[nH]1. The van der Waals surface area contributed by atoms with Crippen LogP contribution in [0.15, 0.2) is 10.9 Å². The van der Waals surface area contributed by atoms with Gasteiger partial charge in [-0.05, 0) is 38.0 Å². The number of nitrogens with zero attached hydrogens (tertiary/aromatic N) is 1. The Labute approximate surface area is 82.6 Å². The third-order valence-corrected chi connectivity index (χ3v) is 2.97. The van der Waals surface area contributed by atoms with Gasteiger partial charge in [0.2, 0.25) is 0 Å². The Morgan fingerprint density at radius 1 is 1.36 bits per heavy atom. The molecule has 0 aromatic carbocycles. The van der Waals surface area contributed by atoms with Crippen LogP contribution in [0.4, 0.5) is 0 Å². The molecule has 1 heterocycles. The number of hydrogen-bond acceptors (Lipinski definition) is 2. The maximum atomic E-state index is 11.3. The first kappa shape index (κ1) is 8.21. The van der Waals surface area contributed by atoms with Gasteiger partial charge in [-0.15, -0.1) is 0 Å². The number of hydrogen-bond donors (Lipinski definition) is 1. The number of aromatic amines is 1. The molecular formula is C11H14N2O. The van der Waals surface area contributed by atoms with E-state index in [1.807, 2.05) is 0 Å². The summed E-state index contributed by atoms with van der Waals surface area (Å²) in [6.45, 7) is 0. The molecule has 0 aliphatic heterocycles. The summed E-state index contributed by atoms with van der Waals surface area (Å²) < 4.78 is 0. The molecule has 2 saturated carbocycles. The third-order valence-electron chi connectivity index (χ3n) is 2.97. The van der Waals surface area contributed by atoms with Crippen molar-refractivity contribution in [3.63, 3.8) is 0 Å². The smallest absolute Gasteiger partial charge is 0.251 e. The Bertz CT molecular complexity index is 402. The molecule has 74 valence electrons. The Balaban J connectivity index is 1.89. The molecule has 2 fully saturated rings. The highest BCUT2D eigenvalue weighted by molar-refractivity contribution is 5.11. The summed E-state index contributed by atoms with van der Waals surface area (Å²) in [6, 6.07) is 1.66. The fourth-order valence-electron chi connectivity index (χ4n) is 1.80. The van der Waals surface area contributed by atoms with E-state index in [2.05, 4.69) is 9.97 Å². The third kappa shape index (κ3) is 1.72. The Morgan fingerprint density at radius 3 is 2.79 bits per heavy atom. The molecule has 1 N–H and O–H groups in total. The van der Waals surface area contributed by atoms with E-state index in [-0.39, 0.29) is 5.56 Å². The highest BCUT2D eigenvalue weighted by Crippen LogP contribution is 2.38. The normalized spacial score (nSPS) is 21.1. The molecule has 3 nitrogen and oxygen atoms in total. The van der Waals surface area contributed by atoms with Crippen molar-refractivity contribution in [1.82, 2.24) is 9.97 Å². The van der Waals surface area contributed by atoms with E-state index in [4.69, 9.17) is 0 Å². The van der Waals surface area contributed by atoms with Gasteiger partial charge in [0.05, 0.1) is 0 Å². The van der Waals surface area contributed by atoms with Gasteiger partial charge in [-0.25, -0.2) is 4.98 Å². The molecule has 0 amide bonds. The van der Waals surface area contributed by atoms with Crippen LogP contribution in [0, 0.1) is 5.92 Å². The minimum absolute atomic E-state index is 0.0255. The predicted molar refractivity (Wildman–Crippen MR) is 53.3 cm³/mol. The van der Waals surface area contributed by atoms with Crippen LogP contribution in [0.3, 0.4) is 0 Å². The van der Waals surface area contributed by atoms with Crippen molar-refractivity contribution in [2.24, 2.45) is 5.92 Å². The van der Waals surface area contributed by atoms with Gasteiger partial charge in [0.15, 0.2) is 0 Å². The standard InChI is InChI=1S/C11H14N2O/c14-10-6-9(5-7-1-2-7)12-11(13-10)8-3-4-8/h6-8H,1-5H2,(H,12,13,14). The Hall–Kier alpha value is -1.12. The lowest BCUT2D eigenvalue weighted by atomic mass is 10.2. The average Bonchev–Trinajstić information content (AvgIpc) is 2.99. The molecule has 0 saturated heterocycles. The second-order valence-electron chi connectivity index (χ2n) is 4.54. The maximum absolute atomic E-state index is 11.3. The summed E-state index contributed by atoms with van der Waals surface area (Å²) in [5, 5.41) is 0. The zero-order chi connectivity index (χ0) is 9.54. The average molecular weight is 190 g/mol. The zero-order valence-electron chi connectivity index (χ0n) is 8.12. The second-order valence-corrected chi connectivity index (χ2v) is 4.54. The molecule has 2 aliphatic rings. The molecule has 0 atom stereocenters. The van der Waals surface area contributed by atoms with Gasteiger partial charge in [0.1, 0.15) is 5.82 Å². The van der Waals surface area contributed by atoms with E-state index in [1.54, 1.807) is 6.07 Å². The fraction of sp³-hybridized carbons (Fsp3) is 0.636. The van der Waals surface area contributed by atoms with E-state index in [9.17, 15) is 4.79 Å². The lowest BCUT2D eigenvalue weighted by Gasteiger charge is -2.01. The maximum Gasteiger partial charge on any atom is 0.251 e. The highest BCUT2D eigenvalue weighted by Gasteiger charge is 2.27. The van der Waals surface area contributed by atoms with E-state index in [0.717, 1.165) is 23.9 Å². The quantitative estimate of drug-likeness (QED) is 0.786. The molecule has 0 spiro atoms. The van der Waals surface area contributed by atoms with Gasteiger partial charge < -0.3 is 4.98 Å². The molecule has 0 bridgehead atoms. The van der Waals surface area contributed by atoms with Crippen LogP contribution < -0.4 is 5.56 Å². The van der Waals surface area contributed by atoms with Gasteiger partial charge in [0.25, 0.3) is 5.56 Å². The Kier molecular flexibility index (Phi) is 1.72. The molecule has 1 aromatic heterocycles. The van der Waals surface area contributed by atoms with Crippen molar-refractivity contribution in [3.8, 4) is 0 Å². The zero-order valence-corrected chi connectivity index (χ0v) is 8.12. The van der Waals surface area contributed by atoms with E-state index in [0.29, 0.717) is 5.92 Å². The minimum atomic E-state index is 0.0255. The molecule has 2 aliphatic carbocycles. The van der Waals surface area contributed by atoms with Crippen LogP contribution >= 0.6 is 0 Å². The predicted octanol–water partition coefficient (Wildman–Crippen LogP) is 1.60. The van der Waals surface area contributed by atoms with E-state index in [1.165, 1.54) is 25.7 Å². The van der Waals surface area contributed by atoms with Crippen molar-refractivity contribution in [1.29, 1.82) is 0 Å². The minimum Gasteiger partial charge on any atom is -0.310 e. The van der Waals surface area contributed by atoms with Gasteiger partial charge in [0, 0.05) is 17.7 Å². The van der Waals surface area contributed by atoms with E-state index < -0.39 is 0 Å². The topological polar surface area (TPSA) is 45.8 Å².